The lowest BCUT2D eigenvalue weighted by atomic mass is 9.89. The van der Waals surface area contributed by atoms with Crippen molar-refractivity contribution in [1.82, 2.24) is 15.3 Å². The van der Waals surface area contributed by atoms with E-state index < -0.39 is 0 Å². The summed E-state index contributed by atoms with van der Waals surface area (Å²) in [6.07, 6.45) is 1.83. The number of para-hydroxylation sites is 1. The zero-order valence-corrected chi connectivity index (χ0v) is 32.6. The molecule has 0 amide bonds. The van der Waals surface area contributed by atoms with Crippen molar-refractivity contribution in [3.63, 3.8) is 0 Å². The van der Waals surface area contributed by atoms with E-state index in [9.17, 15) is 5.26 Å². The van der Waals surface area contributed by atoms with Crippen molar-refractivity contribution in [2.45, 2.75) is 6.17 Å². The molecule has 0 radical (unpaired) electrons. The fraction of sp³-hybridized carbons (Fsp3) is 0.0182. The molecule has 2 heterocycles. The van der Waals surface area contributed by atoms with Gasteiger partial charge in [-0.05, 0) is 69.3 Å². The number of hydrogen-bond acceptors (Lipinski definition) is 5. The van der Waals surface area contributed by atoms with Gasteiger partial charge in [-0.3, -0.25) is 4.99 Å². The highest BCUT2D eigenvalue weighted by Crippen LogP contribution is 2.39. The van der Waals surface area contributed by atoms with E-state index in [0.717, 1.165) is 89.2 Å². The number of nitrogens with zero attached hydrogens (tertiary/aromatic N) is 4. The number of allylic oxidation sites excluding steroid dienone is 1. The molecule has 0 bridgehead atoms. The Morgan fingerprint density at radius 3 is 1.77 bits per heavy atom. The van der Waals surface area contributed by atoms with Crippen LogP contribution in [-0.4, -0.2) is 15.7 Å². The molecule has 8 aromatic carbocycles. The van der Waals surface area contributed by atoms with Crippen LogP contribution in [0.3, 0.4) is 0 Å². The maximum absolute atomic E-state index is 9.88. The summed E-state index contributed by atoms with van der Waals surface area (Å²) in [4.78, 5) is 15.5. The SMILES string of the molecule is N#Cc1ccccc1-c1cccc(C2=NC(c3ccccc3)NC(c3ccccc3-c3ccccc3-c3cccc(-c4nc(-c5ccccc5)c5ccccc5n4)c3)=C2)c1. The molecule has 5 nitrogen and oxygen atoms in total. The lowest BCUT2D eigenvalue weighted by Gasteiger charge is -2.26. The van der Waals surface area contributed by atoms with Crippen molar-refractivity contribution in [2.75, 3.05) is 0 Å². The van der Waals surface area contributed by atoms with Gasteiger partial charge in [-0.15, -0.1) is 0 Å². The van der Waals surface area contributed by atoms with Gasteiger partial charge in [0.05, 0.1) is 28.6 Å². The first-order valence-electron chi connectivity index (χ1n) is 20.0. The third-order valence-corrected chi connectivity index (χ3v) is 11.0. The highest BCUT2D eigenvalue weighted by Gasteiger charge is 2.23. The monoisotopic (exact) mass is 767 g/mol. The minimum Gasteiger partial charge on any atom is -0.359 e. The Morgan fingerprint density at radius 1 is 0.450 bits per heavy atom. The minimum atomic E-state index is -0.320. The van der Waals surface area contributed by atoms with Gasteiger partial charge in [-0.2, -0.15) is 5.26 Å². The Balaban J connectivity index is 1.07. The molecule has 0 saturated heterocycles. The topological polar surface area (TPSA) is 74.0 Å². The molecule has 1 atom stereocenters. The summed E-state index contributed by atoms with van der Waals surface area (Å²) in [7, 11) is 0. The molecule has 1 aliphatic rings. The standard InChI is InChI=1S/C55H37N5/c56-36-43-21-7-8-26-44(43)39-22-15-24-41(33-39)51-35-52(59-54(58-51)38-19-5-2-6-20-38)48-30-12-11-29-47(48)46-28-10-9-27-45(46)40-23-16-25-42(34-40)55-57-50-32-14-13-31-49(50)53(60-55)37-17-3-1-4-18-37/h1-35,54,59H. The predicted molar refractivity (Wildman–Crippen MR) is 245 cm³/mol. The number of nitriles is 1. The fourth-order valence-electron chi connectivity index (χ4n) is 8.09. The van der Waals surface area contributed by atoms with Crippen molar-refractivity contribution in [3.8, 4) is 62.1 Å². The van der Waals surface area contributed by atoms with E-state index in [4.69, 9.17) is 15.0 Å². The molecule has 1 N–H and O–H groups in total. The molecule has 5 heteroatoms. The van der Waals surface area contributed by atoms with Gasteiger partial charge in [-0.1, -0.05) is 182 Å². The third kappa shape index (κ3) is 7.04. The first-order chi connectivity index (χ1) is 29.7. The van der Waals surface area contributed by atoms with Crippen LogP contribution in [0.2, 0.25) is 0 Å². The van der Waals surface area contributed by atoms with Gasteiger partial charge in [0, 0.05) is 33.3 Å². The number of fused-ring (bicyclic) bond motifs is 1. The largest absolute Gasteiger partial charge is 0.359 e. The van der Waals surface area contributed by atoms with Crippen LogP contribution in [0.1, 0.15) is 28.4 Å². The number of aromatic nitrogens is 2. The number of nitrogens with one attached hydrogen (secondary N) is 1. The van der Waals surface area contributed by atoms with Crippen LogP contribution in [0.4, 0.5) is 0 Å². The number of aliphatic imine (C=N–C) groups is 1. The maximum Gasteiger partial charge on any atom is 0.160 e. The van der Waals surface area contributed by atoms with Crippen LogP contribution >= 0.6 is 0 Å². The van der Waals surface area contributed by atoms with Gasteiger partial charge >= 0.3 is 0 Å². The molecule has 1 unspecified atom stereocenters. The minimum absolute atomic E-state index is 0.320. The quantitative estimate of drug-likeness (QED) is 0.167. The molecule has 9 aromatic rings. The highest BCUT2D eigenvalue weighted by atomic mass is 15.1. The summed E-state index contributed by atoms with van der Waals surface area (Å²) in [5, 5.41) is 14.7. The summed E-state index contributed by atoms with van der Waals surface area (Å²) < 4.78 is 0. The van der Waals surface area contributed by atoms with E-state index in [0.29, 0.717) is 11.4 Å². The van der Waals surface area contributed by atoms with Crippen LogP contribution in [0.15, 0.2) is 217 Å². The van der Waals surface area contributed by atoms with Crippen LogP contribution in [0.5, 0.6) is 0 Å². The number of rotatable bonds is 8. The maximum atomic E-state index is 9.88. The average Bonchev–Trinajstić information content (AvgIpc) is 3.34. The highest BCUT2D eigenvalue weighted by molar-refractivity contribution is 6.14. The van der Waals surface area contributed by atoms with E-state index >= 15 is 0 Å². The predicted octanol–water partition coefficient (Wildman–Crippen LogP) is 13.0. The summed E-state index contributed by atoms with van der Waals surface area (Å²) >= 11 is 0. The zero-order chi connectivity index (χ0) is 40.3. The second kappa shape index (κ2) is 16.0. The normalized spacial score (nSPS) is 13.5. The molecule has 0 saturated carbocycles. The van der Waals surface area contributed by atoms with Crippen LogP contribution in [-0.2, 0) is 0 Å². The lowest BCUT2D eigenvalue weighted by molar-refractivity contribution is 0.664. The van der Waals surface area contributed by atoms with E-state index in [1.165, 1.54) is 0 Å². The average molecular weight is 768 g/mol. The van der Waals surface area contributed by atoms with Gasteiger partial charge in [0.25, 0.3) is 0 Å². The van der Waals surface area contributed by atoms with E-state index in [2.05, 4.69) is 145 Å². The summed E-state index contributed by atoms with van der Waals surface area (Å²) in [5.74, 6) is 0.683. The molecule has 10 rings (SSSR count). The first kappa shape index (κ1) is 36.2. The van der Waals surface area contributed by atoms with Gasteiger partial charge in [-0.25, -0.2) is 9.97 Å². The van der Waals surface area contributed by atoms with Gasteiger partial charge in [0.15, 0.2) is 5.82 Å². The Kier molecular flexibility index (Phi) is 9.63. The molecule has 282 valence electrons. The Morgan fingerprint density at radius 2 is 1.00 bits per heavy atom. The van der Waals surface area contributed by atoms with Crippen molar-refractivity contribution < 1.29 is 0 Å². The van der Waals surface area contributed by atoms with Crippen LogP contribution in [0, 0.1) is 11.3 Å². The molecule has 0 fully saturated rings. The molecule has 60 heavy (non-hydrogen) atoms. The lowest BCUT2D eigenvalue weighted by Crippen LogP contribution is -2.25. The van der Waals surface area contributed by atoms with Gasteiger partial charge in [0.2, 0.25) is 0 Å². The van der Waals surface area contributed by atoms with Gasteiger partial charge in [0.1, 0.15) is 6.17 Å². The van der Waals surface area contributed by atoms with Crippen molar-refractivity contribution in [3.05, 3.63) is 235 Å². The second-order valence-corrected chi connectivity index (χ2v) is 14.7. The summed E-state index contributed by atoms with van der Waals surface area (Å²) in [6, 6.07) is 73.0. The second-order valence-electron chi connectivity index (χ2n) is 14.7. The van der Waals surface area contributed by atoms with Crippen LogP contribution in [0.25, 0.3) is 72.6 Å². The Bertz CT molecular complexity index is 3140. The molecular weight excluding hydrogens is 731 g/mol. The molecule has 0 aliphatic carbocycles. The van der Waals surface area contributed by atoms with E-state index in [-0.39, 0.29) is 6.17 Å². The fourth-order valence-corrected chi connectivity index (χ4v) is 8.09. The summed E-state index contributed by atoms with van der Waals surface area (Å²) in [5.41, 5.74) is 15.6. The van der Waals surface area contributed by atoms with Crippen molar-refractivity contribution >= 4 is 22.3 Å². The van der Waals surface area contributed by atoms with Crippen molar-refractivity contribution in [2.24, 2.45) is 4.99 Å². The number of benzene rings is 8. The Labute approximate surface area is 349 Å². The molecule has 0 spiro atoms. The molecular formula is C55H37N5. The van der Waals surface area contributed by atoms with E-state index in [1.807, 2.05) is 78.9 Å². The molecule has 1 aromatic heterocycles. The summed E-state index contributed by atoms with van der Waals surface area (Å²) in [6.45, 7) is 0. The first-order valence-corrected chi connectivity index (χ1v) is 20.0. The smallest absolute Gasteiger partial charge is 0.160 e. The zero-order valence-electron chi connectivity index (χ0n) is 32.6. The van der Waals surface area contributed by atoms with Crippen molar-refractivity contribution in [1.29, 1.82) is 5.26 Å². The third-order valence-electron chi connectivity index (χ3n) is 11.0. The van der Waals surface area contributed by atoms with Gasteiger partial charge < -0.3 is 5.32 Å². The molecule has 1 aliphatic heterocycles. The van der Waals surface area contributed by atoms with E-state index in [1.54, 1.807) is 0 Å². The Hall–Kier alpha value is -8.20. The van der Waals surface area contributed by atoms with Crippen LogP contribution < -0.4 is 5.32 Å². The number of hydrogen-bond donors (Lipinski definition) is 1.